The minimum Gasteiger partial charge on any atom is -0.351 e. The van der Waals surface area contributed by atoms with Crippen molar-refractivity contribution in [1.82, 2.24) is 15.5 Å². The van der Waals surface area contributed by atoms with Crippen LogP contribution >= 0.6 is 12.4 Å². The Hall–Kier alpha value is -1.59. The molecule has 0 heterocycles. The number of carbonyl (C=O) groups excluding carboxylic acids is 2. The first kappa shape index (κ1) is 22.4. The molecule has 1 aromatic rings. The van der Waals surface area contributed by atoms with Gasteiger partial charge in [-0.15, -0.1) is 12.4 Å². The van der Waals surface area contributed by atoms with Crippen molar-refractivity contribution in [2.75, 3.05) is 32.7 Å². The van der Waals surface area contributed by atoms with Crippen molar-refractivity contribution >= 4 is 24.2 Å². The van der Waals surface area contributed by atoms with Crippen molar-refractivity contribution in [2.24, 2.45) is 0 Å². The molecule has 0 fully saturated rings. The van der Waals surface area contributed by atoms with Crippen LogP contribution in [0, 0.1) is 0 Å². The molecule has 24 heavy (non-hydrogen) atoms. The zero-order valence-electron chi connectivity index (χ0n) is 14.9. The number of hydrogen-bond acceptors (Lipinski definition) is 3. The predicted octanol–water partition coefficient (Wildman–Crippen LogP) is 2.71. The summed E-state index contributed by atoms with van der Waals surface area (Å²) >= 11 is 0. The molecule has 6 heteroatoms. The maximum atomic E-state index is 12.6. The van der Waals surface area contributed by atoms with Crippen molar-refractivity contribution in [1.29, 1.82) is 0 Å². The average molecular weight is 356 g/mol. The number of carbonyl (C=O) groups is 2. The SMILES string of the molecule is CCCN(CCC)C(=O)c1cccc(C(=O)NCCNCC)c1.Cl. The lowest BCUT2D eigenvalue weighted by Crippen LogP contribution is -2.33. The summed E-state index contributed by atoms with van der Waals surface area (Å²) in [7, 11) is 0. The number of likely N-dealkylation sites (N-methyl/N-ethyl adjacent to an activating group) is 1. The van der Waals surface area contributed by atoms with E-state index in [4.69, 9.17) is 0 Å². The van der Waals surface area contributed by atoms with Crippen molar-refractivity contribution in [3.05, 3.63) is 35.4 Å². The molecule has 0 aliphatic rings. The molecule has 2 amide bonds. The number of nitrogens with zero attached hydrogens (tertiary/aromatic N) is 1. The third-order valence-corrected chi connectivity index (χ3v) is 3.48. The molecule has 1 rings (SSSR count). The number of amides is 2. The molecule has 0 saturated carbocycles. The second kappa shape index (κ2) is 12.8. The van der Waals surface area contributed by atoms with E-state index < -0.39 is 0 Å². The van der Waals surface area contributed by atoms with Gasteiger partial charge in [-0.25, -0.2) is 0 Å². The van der Waals surface area contributed by atoms with Crippen molar-refractivity contribution < 1.29 is 9.59 Å². The van der Waals surface area contributed by atoms with E-state index >= 15 is 0 Å². The van der Waals surface area contributed by atoms with E-state index in [-0.39, 0.29) is 24.2 Å². The second-order valence-corrected chi connectivity index (χ2v) is 5.48. The summed E-state index contributed by atoms with van der Waals surface area (Å²) in [6.45, 7) is 9.82. The zero-order valence-corrected chi connectivity index (χ0v) is 15.7. The predicted molar refractivity (Wildman–Crippen MR) is 101 cm³/mol. The highest BCUT2D eigenvalue weighted by Crippen LogP contribution is 2.10. The number of rotatable bonds is 10. The summed E-state index contributed by atoms with van der Waals surface area (Å²) in [6, 6.07) is 6.96. The van der Waals surface area contributed by atoms with Crippen LogP contribution in [-0.4, -0.2) is 49.4 Å². The minimum atomic E-state index is -0.143. The molecule has 0 unspecified atom stereocenters. The fourth-order valence-electron chi connectivity index (χ4n) is 2.37. The molecule has 5 nitrogen and oxygen atoms in total. The van der Waals surface area contributed by atoms with Crippen LogP contribution in [0.5, 0.6) is 0 Å². The number of hydrogen-bond donors (Lipinski definition) is 2. The Morgan fingerprint density at radius 1 is 1.00 bits per heavy atom. The van der Waals surface area contributed by atoms with Crippen LogP contribution in [0.1, 0.15) is 54.3 Å². The van der Waals surface area contributed by atoms with Crippen LogP contribution < -0.4 is 10.6 Å². The number of benzene rings is 1. The lowest BCUT2D eigenvalue weighted by Gasteiger charge is -2.21. The molecule has 0 aliphatic heterocycles. The van der Waals surface area contributed by atoms with Crippen LogP contribution in [0.15, 0.2) is 24.3 Å². The largest absolute Gasteiger partial charge is 0.351 e. The minimum absolute atomic E-state index is 0. The Bertz CT molecular complexity index is 503. The zero-order chi connectivity index (χ0) is 17.1. The van der Waals surface area contributed by atoms with Crippen molar-refractivity contribution in [3.63, 3.8) is 0 Å². The monoisotopic (exact) mass is 355 g/mol. The van der Waals surface area contributed by atoms with Crippen LogP contribution in [0.2, 0.25) is 0 Å². The molecule has 136 valence electrons. The number of halogens is 1. The van der Waals surface area contributed by atoms with Gasteiger partial charge in [0.1, 0.15) is 0 Å². The van der Waals surface area contributed by atoms with Gasteiger partial charge in [-0.1, -0.05) is 26.8 Å². The topological polar surface area (TPSA) is 61.4 Å². The maximum Gasteiger partial charge on any atom is 0.253 e. The summed E-state index contributed by atoms with van der Waals surface area (Å²) in [4.78, 5) is 26.6. The summed E-state index contributed by atoms with van der Waals surface area (Å²) < 4.78 is 0. The van der Waals surface area contributed by atoms with Gasteiger partial charge >= 0.3 is 0 Å². The van der Waals surface area contributed by atoms with Gasteiger partial charge in [0.15, 0.2) is 0 Å². The standard InChI is InChI=1S/C18H29N3O2.ClH/c1-4-12-21(13-5-2)18(23)16-9-7-8-15(14-16)17(22)20-11-10-19-6-3;/h7-9,14,19H,4-6,10-13H2,1-3H3,(H,20,22);1H. The highest BCUT2D eigenvalue weighted by atomic mass is 35.5. The van der Waals surface area contributed by atoms with Crippen LogP contribution in [0.3, 0.4) is 0 Å². The first-order valence-corrected chi connectivity index (χ1v) is 8.52. The van der Waals surface area contributed by atoms with Gasteiger partial charge in [0.25, 0.3) is 11.8 Å². The molecule has 0 atom stereocenters. The first-order valence-electron chi connectivity index (χ1n) is 8.52. The fourth-order valence-corrected chi connectivity index (χ4v) is 2.37. The highest BCUT2D eigenvalue weighted by Gasteiger charge is 2.15. The van der Waals surface area contributed by atoms with E-state index in [0.29, 0.717) is 17.7 Å². The Morgan fingerprint density at radius 3 is 2.21 bits per heavy atom. The highest BCUT2D eigenvalue weighted by molar-refractivity contribution is 5.99. The molecule has 0 saturated heterocycles. The lowest BCUT2D eigenvalue weighted by atomic mass is 10.1. The van der Waals surface area contributed by atoms with E-state index in [9.17, 15) is 9.59 Å². The van der Waals surface area contributed by atoms with E-state index in [1.54, 1.807) is 24.3 Å². The molecule has 0 radical (unpaired) electrons. The first-order chi connectivity index (χ1) is 11.1. The molecule has 0 spiro atoms. The van der Waals surface area contributed by atoms with Gasteiger partial charge in [0.2, 0.25) is 0 Å². The quantitative estimate of drug-likeness (QED) is 0.634. The fraction of sp³-hybridized carbons (Fsp3) is 0.556. The molecule has 2 N–H and O–H groups in total. The van der Waals surface area contributed by atoms with Crippen molar-refractivity contribution in [2.45, 2.75) is 33.6 Å². The van der Waals surface area contributed by atoms with Gasteiger partial charge in [-0.3, -0.25) is 9.59 Å². The van der Waals surface area contributed by atoms with E-state index in [1.165, 1.54) is 0 Å². The second-order valence-electron chi connectivity index (χ2n) is 5.48. The van der Waals surface area contributed by atoms with E-state index in [2.05, 4.69) is 24.5 Å². The Morgan fingerprint density at radius 2 is 1.62 bits per heavy atom. The van der Waals surface area contributed by atoms with Crippen molar-refractivity contribution in [3.8, 4) is 0 Å². The van der Waals surface area contributed by atoms with Crippen LogP contribution in [-0.2, 0) is 0 Å². The molecule has 0 bridgehead atoms. The molecule has 0 aliphatic carbocycles. The van der Waals surface area contributed by atoms with Gasteiger partial charge in [0.05, 0.1) is 0 Å². The third-order valence-electron chi connectivity index (χ3n) is 3.48. The van der Waals surface area contributed by atoms with Gasteiger partial charge in [0, 0.05) is 37.3 Å². The van der Waals surface area contributed by atoms with Crippen LogP contribution in [0.4, 0.5) is 0 Å². The van der Waals surface area contributed by atoms with Gasteiger partial charge < -0.3 is 15.5 Å². The number of nitrogens with one attached hydrogen (secondary N) is 2. The van der Waals surface area contributed by atoms with Crippen LogP contribution in [0.25, 0.3) is 0 Å². The van der Waals surface area contributed by atoms with Gasteiger partial charge in [-0.2, -0.15) is 0 Å². The summed E-state index contributed by atoms with van der Waals surface area (Å²) in [5, 5.41) is 6.01. The summed E-state index contributed by atoms with van der Waals surface area (Å²) in [5.41, 5.74) is 1.10. The summed E-state index contributed by atoms with van der Waals surface area (Å²) in [5.74, 6) is -0.147. The Kier molecular flexibility index (Phi) is 11.9. The Balaban J connectivity index is 0.00000529. The van der Waals surface area contributed by atoms with E-state index in [0.717, 1.165) is 39.0 Å². The smallest absolute Gasteiger partial charge is 0.253 e. The summed E-state index contributed by atoms with van der Waals surface area (Å²) in [6.07, 6.45) is 1.85. The van der Waals surface area contributed by atoms with E-state index in [1.807, 2.05) is 11.8 Å². The molecule has 1 aromatic carbocycles. The average Bonchev–Trinajstić information content (AvgIpc) is 2.58. The normalized spacial score (nSPS) is 9.96. The molecular formula is C18H30ClN3O2. The molecule has 0 aromatic heterocycles. The third kappa shape index (κ3) is 7.32. The molecular weight excluding hydrogens is 326 g/mol. The van der Waals surface area contributed by atoms with Gasteiger partial charge in [-0.05, 0) is 37.6 Å². The maximum absolute atomic E-state index is 12.6. The Labute approximate surface area is 151 Å². The lowest BCUT2D eigenvalue weighted by molar-refractivity contribution is 0.0755.